The zero-order valence-corrected chi connectivity index (χ0v) is 20.7. The molecule has 182 valence electrons. The van der Waals surface area contributed by atoms with Crippen molar-refractivity contribution in [2.45, 2.75) is 12.1 Å². The summed E-state index contributed by atoms with van der Waals surface area (Å²) < 4.78 is 0. The van der Waals surface area contributed by atoms with E-state index in [4.69, 9.17) is 0 Å². The molecule has 1 N–H and O–H groups in total. The molecule has 1 aliphatic heterocycles. The summed E-state index contributed by atoms with van der Waals surface area (Å²) in [7, 11) is 0. The summed E-state index contributed by atoms with van der Waals surface area (Å²) in [6.07, 6.45) is 0. The first kappa shape index (κ1) is 22.5. The van der Waals surface area contributed by atoms with Gasteiger partial charge in [-0.2, -0.15) is 0 Å². The number of hydrogen-bond acceptors (Lipinski definition) is 2. The number of aliphatic hydroxyl groups is 1. The van der Waals surface area contributed by atoms with E-state index in [2.05, 4.69) is 42.5 Å². The number of benzene rings is 6. The Morgan fingerprint density at radius 1 is 0.605 bits per heavy atom. The molecule has 1 amide bonds. The largest absolute Gasteiger partial charge is 0.372 e. The van der Waals surface area contributed by atoms with Gasteiger partial charge >= 0.3 is 0 Å². The lowest BCUT2D eigenvalue weighted by Gasteiger charge is -2.25. The molecule has 3 nitrogen and oxygen atoms in total. The number of amides is 1. The van der Waals surface area contributed by atoms with Crippen molar-refractivity contribution in [2.24, 2.45) is 0 Å². The summed E-state index contributed by atoms with van der Waals surface area (Å²) in [5.74, 6) is -0.330. The Morgan fingerprint density at radius 3 is 1.84 bits per heavy atom. The third kappa shape index (κ3) is 3.37. The first-order valence-electron chi connectivity index (χ1n) is 12.8. The van der Waals surface area contributed by atoms with Crippen molar-refractivity contribution in [1.82, 2.24) is 0 Å². The van der Waals surface area contributed by atoms with Gasteiger partial charge in [0.05, 0.1) is 12.2 Å². The van der Waals surface area contributed by atoms with Crippen LogP contribution in [0.5, 0.6) is 0 Å². The van der Waals surface area contributed by atoms with Crippen molar-refractivity contribution in [1.29, 1.82) is 0 Å². The molecule has 7 rings (SSSR count). The van der Waals surface area contributed by atoms with Crippen LogP contribution in [0.4, 0.5) is 5.69 Å². The molecule has 1 heterocycles. The second-order valence-electron chi connectivity index (χ2n) is 9.86. The summed E-state index contributed by atoms with van der Waals surface area (Å²) in [6.45, 7) is 0.363. The molecule has 0 saturated carbocycles. The van der Waals surface area contributed by atoms with Gasteiger partial charge < -0.3 is 10.0 Å². The maximum Gasteiger partial charge on any atom is 0.268 e. The van der Waals surface area contributed by atoms with Gasteiger partial charge in [0.2, 0.25) is 0 Å². The van der Waals surface area contributed by atoms with E-state index in [0.717, 1.165) is 43.9 Å². The lowest BCUT2D eigenvalue weighted by Crippen LogP contribution is -2.40. The van der Waals surface area contributed by atoms with E-state index in [1.807, 2.05) is 91.0 Å². The molecule has 6 aromatic carbocycles. The van der Waals surface area contributed by atoms with E-state index in [0.29, 0.717) is 17.7 Å². The van der Waals surface area contributed by atoms with Crippen molar-refractivity contribution in [3.05, 3.63) is 150 Å². The van der Waals surface area contributed by atoms with Crippen LogP contribution >= 0.6 is 0 Å². The minimum atomic E-state index is -1.76. The highest BCUT2D eigenvalue weighted by molar-refractivity contribution is 6.10. The standard InChI is InChI=1S/C35H25NO2/c37-34-35(38,28-20-18-25(19-21-28)24-10-2-1-3-11-24)32-16-8-9-17-33(32)36(34)23-31-29-14-6-4-12-26(29)22-27-13-5-7-15-30(27)31/h1-22,38H,23H2/t35-/m1/s1. The Kier molecular flexibility index (Phi) is 5.14. The van der Waals surface area contributed by atoms with Crippen LogP contribution in [0.3, 0.4) is 0 Å². The van der Waals surface area contributed by atoms with Crippen molar-refractivity contribution < 1.29 is 9.90 Å². The van der Waals surface area contributed by atoms with E-state index in [1.165, 1.54) is 0 Å². The maximum atomic E-state index is 14.2. The third-order valence-electron chi connectivity index (χ3n) is 7.75. The van der Waals surface area contributed by atoms with Gasteiger partial charge in [-0.15, -0.1) is 0 Å². The summed E-state index contributed by atoms with van der Waals surface area (Å²) in [5.41, 5.74) is 3.37. The summed E-state index contributed by atoms with van der Waals surface area (Å²) >= 11 is 0. The Morgan fingerprint density at radius 2 is 1.16 bits per heavy atom. The molecule has 0 spiro atoms. The quantitative estimate of drug-likeness (QED) is 0.260. The van der Waals surface area contributed by atoms with E-state index >= 15 is 0 Å². The Hall–Kier alpha value is -4.73. The van der Waals surface area contributed by atoms with Crippen molar-refractivity contribution >= 4 is 33.1 Å². The van der Waals surface area contributed by atoms with Gasteiger partial charge in [0.25, 0.3) is 5.91 Å². The molecule has 0 fully saturated rings. The second-order valence-corrected chi connectivity index (χ2v) is 9.86. The van der Waals surface area contributed by atoms with Gasteiger partial charge in [-0.25, -0.2) is 0 Å². The highest BCUT2D eigenvalue weighted by atomic mass is 16.3. The average Bonchev–Trinajstić information content (AvgIpc) is 3.20. The zero-order valence-electron chi connectivity index (χ0n) is 20.7. The second kappa shape index (κ2) is 8.69. The highest BCUT2D eigenvalue weighted by Gasteiger charge is 2.51. The fourth-order valence-electron chi connectivity index (χ4n) is 5.84. The van der Waals surface area contributed by atoms with Crippen LogP contribution in [0.2, 0.25) is 0 Å². The van der Waals surface area contributed by atoms with Gasteiger partial charge in [-0.05, 0) is 55.9 Å². The summed E-state index contributed by atoms with van der Waals surface area (Å²) in [5, 5.41) is 16.6. The first-order chi connectivity index (χ1) is 18.6. The maximum absolute atomic E-state index is 14.2. The highest BCUT2D eigenvalue weighted by Crippen LogP contribution is 2.46. The van der Waals surface area contributed by atoms with Crippen LogP contribution < -0.4 is 4.90 Å². The third-order valence-corrected chi connectivity index (χ3v) is 7.75. The lowest BCUT2D eigenvalue weighted by molar-refractivity contribution is -0.132. The number of para-hydroxylation sites is 1. The number of fused-ring (bicyclic) bond motifs is 3. The van der Waals surface area contributed by atoms with Crippen molar-refractivity contribution in [3.63, 3.8) is 0 Å². The monoisotopic (exact) mass is 491 g/mol. The van der Waals surface area contributed by atoms with Crippen LogP contribution in [0.1, 0.15) is 16.7 Å². The Labute approximate surface area is 221 Å². The number of carbonyl (C=O) groups excluding carboxylic acids is 1. The molecule has 0 bridgehead atoms. The predicted molar refractivity (Wildman–Crippen MR) is 154 cm³/mol. The summed E-state index contributed by atoms with van der Waals surface area (Å²) in [4.78, 5) is 15.9. The molecule has 3 heteroatoms. The molecule has 6 aromatic rings. The van der Waals surface area contributed by atoms with E-state index in [-0.39, 0.29) is 5.91 Å². The number of nitrogens with zero attached hydrogens (tertiary/aromatic N) is 1. The minimum Gasteiger partial charge on any atom is -0.372 e. The molecule has 1 aliphatic rings. The van der Waals surface area contributed by atoms with Crippen LogP contribution in [0.15, 0.2) is 133 Å². The predicted octanol–water partition coefficient (Wildman–Crippen LogP) is 7.44. The van der Waals surface area contributed by atoms with Gasteiger partial charge in [0.1, 0.15) is 0 Å². The SMILES string of the molecule is O=C1N(Cc2c3ccccc3cc3ccccc23)c2ccccc2[C@]1(O)c1ccc(-c2ccccc2)cc1. The van der Waals surface area contributed by atoms with Crippen LogP contribution in [-0.2, 0) is 16.9 Å². The minimum absolute atomic E-state index is 0.330. The molecule has 0 aromatic heterocycles. The molecule has 0 aliphatic carbocycles. The molecule has 0 unspecified atom stereocenters. The number of rotatable bonds is 4. The van der Waals surface area contributed by atoms with E-state index < -0.39 is 5.60 Å². The first-order valence-corrected chi connectivity index (χ1v) is 12.8. The Balaban J connectivity index is 1.35. The van der Waals surface area contributed by atoms with E-state index in [9.17, 15) is 9.90 Å². The fraction of sp³-hybridized carbons (Fsp3) is 0.0571. The van der Waals surface area contributed by atoms with Gasteiger partial charge in [0, 0.05) is 5.56 Å². The number of carbonyl (C=O) groups is 1. The van der Waals surface area contributed by atoms with Crippen LogP contribution in [0, 0.1) is 0 Å². The van der Waals surface area contributed by atoms with Gasteiger partial charge in [0.15, 0.2) is 5.60 Å². The molecule has 0 saturated heterocycles. The van der Waals surface area contributed by atoms with E-state index in [1.54, 1.807) is 4.90 Å². The number of hydrogen-bond donors (Lipinski definition) is 1. The summed E-state index contributed by atoms with van der Waals surface area (Å²) in [6, 6.07) is 44.1. The fourth-order valence-corrected chi connectivity index (χ4v) is 5.84. The normalized spacial score (nSPS) is 16.8. The van der Waals surface area contributed by atoms with Crippen molar-refractivity contribution in [2.75, 3.05) is 4.90 Å². The Bertz CT molecular complexity index is 1770. The zero-order chi connectivity index (χ0) is 25.7. The number of anilines is 1. The van der Waals surface area contributed by atoms with Gasteiger partial charge in [-0.3, -0.25) is 4.79 Å². The molecular weight excluding hydrogens is 466 g/mol. The van der Waals surface area contributed by atoms with Crippen LogP contribution in [-0.4, -0.2) is 11.0 Å². The lowest BCUT2D eigenvalue weighted by atomic mass is 9.86. The van der Waals surface area contributed by atoms with Crippen molar-refractivity contribution in [3.8, 4) is 11.1 Å². The molecule has 0 radical (unpaired) electrons. The molecule has 1 atom stereocenters. The molecular formula is C35H25NO2. The topological polar surface area (TPSA) is 40.5 Å². The average molecular weight is 492 g/mol. The smallest absolute Gasteiger partial charge is 0.268 e. The van der Waals surface area contributed by atoms with Gasteiger partial charge in [-0.1, -0.05) is 121 Å². The van der Waals surface area contributed by atoms with Crippen LogP contribution in [0.25, 0.3) is 32.7 Å². The molecule has 38 heavy (non-hydrogen) atoms.